The molecule has 0 radical (unpaired) electrons. The third-order valence-corrected chi connectivity index (χ3v) is 4.75. The lowest BCUT2D eigenvalue weighted by atomic mass is 10.0. The van der Waals surface area contributed by atoms with Crippen molar-refractivity contribution in [2.75, 3.05) is 13.2 Å². The quantitative estimate of drug-likeness (QED) is 0.786. The molecular weight excluding hydrogens is 268 g/mol. The van der Waals surface area contributed by atoms with E-state index in [1.807, 2.05) is 0 Å². The Labute approximate surface area is 115 Å². The summed E-state index contributed by atoms with van der Waals surface area (Å²) in [6, 6.07) is 2.10. The molecule has 0 bridgehead atoms. The second-order valence-corrected chi connectivity index (χ2v) is 6.04. The topological polar surface area (TPSA) is 35.0 Å². The first-order valence-corrected chi connectivity index (χ1v) is 7.51. The SMILES string of the molecule is CCc1cc2c(Cl)nc(C3CCCOC3)nc2s1. The van der Waals surface area contributed by atoms with Crippen LogP contribution in [0.5, 0.6) is 0 Å². The zero-order valence-electron chi connectivity index (χ0n) is 10.3. The Kier molecular flexibility index (Phi) is 3.50. The summed E-state index contributed by atoms with van der Waals surface area (Å²) in [7, 11) is 0. The van der Waals surface area contributed by atoms with Crippen molar-refractivity contribution in [3.05, 3.63) is 21.9 Å². The highest BCUT2D eigenvalue weighted by Gasteiger charge is 2.20. The number of rotatable bonds is 2. The second kappa shape index (κ2) is 5.11. The predicted molar refractivity (Wildman–Crippen MR) is 74.6 cm³/mol. The average molecular weight is 283 g/mol. The van der Waals surface area contributed by atoms with E-state index in [1.165, 1.54) is 4.88 Å². The Morgan fingerprint density at radius 3 is 3.11 bits per heavy atom. The van der Waals surface area contributed by atoms with Crippen LogP contribution in [0.2, 0.25) is 5.15 Å². The van der Waals surface area contributed by atoms with Crippen LogP contribution in [0.25, 0.3) is 10.2 Å². The smallest absolute Gasteiger partial charge is 0.141 e. The van der Waals surface area contributed by atoms with Crippen molar-refractivity contribution in [3.8, 4) is 0 Å². The van der Waals surface area contributed by atoms with Gasteiger partial charge in [-0.05, 0) is 25.3 Å². The third-order valence-electron chi connectivity index (χ3n) is 3.29. The molecule has 0 aliphatic carbocycles. The Morgan fingerprint density at radius 1 is 1.50 bits per heavy atom. The molecule has 1 fully saturated rings. The molecule has 0 amide bonds. The Hall–Kier alpha value is -0.710. The average Bonchev–Trinajstić information content (AvgIpc) is 2.83. The van der Waals surface area contributed by atoms with Crippen molar-refractivity contribution < 1.29 is 4.74 Å². The number of nitrogens with zero attached hydrogens (tertiary/aromatic N) is 2. The van der Waals surface area contributed by atoms with Crippen molar-refractivity contribution in [2.24, 2.45) is 0 Å². The van der Waals surface area contributed by atoms with Crippen LogP contribution in [-0.2, 0) is 11.2 Å². The fourth-order valence-electron chi connectivity index (χ4n) is 2.25. The van der Waals surface area contributed by atoms with Crippen molar-refractivity contribution in [2.45, 2.75) is 32.1 Å². The number of aryl methyl sites for hydroxylation is 1. The van der Waals surface area contributed by atoms with Crippen LogP contribution in [0.3, 0.4) is 0 Å². The van der Waals surface area contributed by atoms with E-state index in [9.17, 15) is 0 Å². The molecule has 0 saturated carbocycles. The normalized spacial score (nSPS) is 20.4. The summed E-state index contributed by atoms with van der Waals surface area (Å²) < 4.78 is 5.50. The maximum absolute atomic E-state index is 6.27. The maximum atomic E-state index is 6.27. The monoisotopic (exact) mass is 282 g/mol. The van der Waals surface area contributed by atoms with Gasteiger partial charge < -0.3 is 4.74 Å². The van der Waals surface area contributed by atoms with E-state index in [0.29, 0.717) is 17.7 Å². The number of halogens is 1. The number of aromatic nitrogens is 2. The number of thiophene rings is 1. The molecule has 0 N–H and O–H groups in total. The molecule has 3 rings (SSSR count). The second-order valence-electron chi connectivity index (χ2n) is 4.57. The largest absolute Gasteiger partial charge is 0.381 e. The molecule has 18 heavy (non-hydrogen) atoms. The van der Waals surface area contributed by atoms with Gasteiger partial charge in [-0.25, -0.2) is 9.97 Å². The van der Waals surface area contributed by atoms with Gasteiger partial charge in [-0.2, -0.15) is 0 Å². The summed E-state index contributed by atoms with van der Waals surface area (Å²) in [6.07, 6.45) is 3.18. The minimum Gasteiger partial charge on any atom is -0.381 e. The molecule has 2 aromatic heterocycles. The van der Waals surface area contributed by atoms with Gasteiger partial charge in [-0.15, -0.1) is 11.3 Å². The van der Waals surface area contributed by atoms with Crippen LogP contribution in [0.4, 0.5) is 0 Å². The maximum Gasteiger partial charge on any atom is 0.141 e. The molecular formula is C13H15ClN2OS. The highest BCUT2D eigenvalue weighted by atomic mass is 35.5. The van der Waals surface area contributed by atoms with Gasteiger partial charge in [0, 0.05) is 22.8 Å². The van der Waals surface area contributed by atoms with E-state index in [-0.39, 0.29) is 0 Å². The molecule has 3 heterocycles. The van der Waals surface area contributed by atoms with E-state index < -0.39 is 0 Å². The molecule has 5 heteroatoms. The lowest BCUT2D eigenvalue weighted by Gasteiger charge is -2.20. The third kappa shape index (κ3) is 2.25. The van der Waals surface area contributed by atoms with Gasteiger partial charge in [0.05, 0.1) is 6.61 Å². The molecule has 3 nitrogen and oxygen atoms in total. The van der Waals surface area contributed by atoms with Crippen LogP contribution < -0.4 is 0 Å². The van der Waals surface area contributed by atoms with Crippen molar-refractivity contribution in [1.29, 1.82) is 0 Å². The first kappa shape index (κ1) is 12.3. The highest BCUT2D eigenvalue weighted by molar-refractivity contribution is 7.18. The van der Waals surface area contributed by atoms with Gasteiger partial charge in [0.15, 0.2) is 0 Å². The van der Waals surface area contributed by atoms with Crippen LogP contribution >= 0.6 is 22.9 Å². The van der Waals surface area contributed by atoms with Gasteiger partial charge in [0.25, 0.3) is 0 Å². The molecule has 1 aliphatic rings. The van der Waals surface area contributed by atoms with E-state index in [1.54, 1.807) is 11.3 Å². The summed E-state index contributed by atoms with van der Waals surface area (Å²) in [6.45, 7) is 3.71. The van der Waals surface area contributed by atoms with E-state index in [0.717, 1.165) is 41.9 Å². The molecule has 1 unspecified atom stereocenters. The Morgan fingerprint density at radius 2 is 2.39 bits per heavy atom. The number of ether oxygens (including phenoxy) is 1. The van der Waals surface area contributed by atoms with Gasteiger partial charge in [0.1, 0.15) is 15.8 Å². The minimum atomic E-state index is 0.299. The Bertz CT molecular complexity index is 563. The lowest BCUT2D eigenvalue weighted by molar-refractivity contribution is 0.0782. The van der Waals surface area contributed by atoms with Gasteiger partial charge >= 0.3 is 0 Å². The van der Waals surface area contributed by atoms with Crippen LogP contribution in [0, 0.1) is 0 Å². The van der Waals surface area contributed by atoms with Gasteiger partial charge in [0.2, 0.25) is 0 Å². The summed E-state index contributed by atoms with van der Waals surface area (Å²) in [4.78, 5) is 11.4. The van der Waals surface area contributed by atoms with Crippen molar-refractivity contribution >= 4 is 33.2 Å². The number of fused-ring (bicyclic) bond motifs is 1. The number of hydrogen-bond donors (Lipinski definition) is 0. The summed E-state index contributed by atoms with van der Waals surface area (Å²) in [5.74, 6) is 1.14. The highest BCUT2D eigenvalue weighted by Crippen LogP contribution is 2.32. The first-order chi connectivity index (χ1) is 8.78. The molecule has 1 aliphatic heterocycles. The molecule has 2 aromatic rings. The van der Waals surface area contributed by atoms with Gasteiger partial charge in [-0.1, -0.05) is 18.5 Å². The summed E-state index contributed by atoms with van der Waals surface area (Å²) >= 11 is 7.98. The predicted octanol–water partition coefficient (Wildman–Crippen LogP) is 3.80. The molecule has 1 saturated heterocycles. The summed E-state index contributed by atoms with van der Waals surface area (Å²) in [5.41, 5.74) is 0. The lowest BCUT2D eigenvalue weighted by Crippen LogP contribution is -2.17. The van der Waals surface area contributed by atoms with Gasteiger partial charge in [-0.3, -0.25) is 0 Å². The zero-order valence-corrected chi connectivity index (χ0v) is 11.9. The van der Waals surface area contributed by atoms with E-state index in [4.69, 9.17) is 16.3 Å². The van der Waals surface area contributed by atoms with Crippen molar-refractivity contribution in [1.82, 2.24) is 9.97 Å². The van der Waals surface area contributed by atoms with E-state index >= 15 is 0 Å². The fraction of sp³-hybridized carbons (Fsp3) is 0.538. The Balaban J connectivity index is 2.02. The van der Waals surface area contributed by atoms with Crippen LogP contribution in [0.15, 0.2) is 6.07 Å². The summed E-state index contributed by atoms with van der Waals surface area (Å²) in [5, 5.41) is 1.57. The molecule has 0 spiro atoms. The molecule has 0 aromatic carbocycles. The van der Waals surface area contributed by atoms with E-state index in [2.05, 4.69) is 23.0 Å². The van der Waals surface area contributed by atoms with Crippen LogP contribution in [-0.4, -0.2) is 23.2 Å². The first-order valence-electron chi connectivity index (χ1n) is 6.31. The molecule has 1 atom stereocenters. The molecule has 96 valence electrons. The minimum absolute atomic E-state index is 0.299. The fourth-order valence-corrected chi connectivity index (χ4v) is 3.51. The number of hydrogen-bond acceptors (Lipinski definition) is 4. The zero-order chi connectivity index (χ0) is 12.5. The van der Waals surface area contributed by atoms with Crippen LogP contribution in [0.1, 0.15) is 36.4 Å². The van der Waals surface area contributed by atoms with Crippen molar-refractivity contribution in [3.63, 3.8) is 0 Å². The standard InChI is InChI=1S/C13H15ClN2OS/c1-2-9-6-10-11(14)15-12(16-13(10)18-9)8-4-3-5-17-7-8/h6,8H,2-5,7H2,1H3.